The summed E-state index contributed by atoms with van der Waals surface area (Å²) in [5, 5.41) is 7.46. The zero-order valence-corrected chi connectivity index (χ0v) is 16.7. The van der Waals surface area contributed by atoms with Gasteiger partial charge < -0.3 is 10.1 Å². The van der Waals surface area contributed by atoms with Gasteiger partial charge in [-0.05, 0) is 42.8 Å². The summed E-state index contributed by atoms with van der Waals surface area (Å²) in [4.78, 5) is 38.4. The molecular weight excluding hydrogens is 386 g/mol. The maximum absolute atomic E-state index is 13.0. The Morgan fingerprint density at radius 1 is 1.10 bits per heavy atom. The van der Waals surface area contributed by atoms with E-state index < -0.39 is 11.6 Å². The van der Waals surface area contributed by atoms with Gasteiger partial charge in [-0.1, -0.05) is 19.1 Å². The average Bonchev–Trinajstić information content (AvgIpc) is 3.07. The summed E-state index contributed by atoms with van der Waals surface area (Å²) in [6.07, 6.45) is 0.701. The normalized spacial score (nSPS) is 11.1. The lowest BCUT2D eigenvalue weighted by Gasteiger charge is -2.07. The Bertz CT molecular complexity index is 1350. The Hall–Kier alpha value is -3.88. The first-order chi connectivity index (χ1) is 14.5. The van der Waals surface area contributed by atoms with Crippen LogP contribution in [0.5, 0.6) is 5.75 Å². The number of hydrogen-bond donors (Lipinski definition) is 1. The van der Waals surface area contributed by atoms with Gasteiger partial charge in [-0.2, -0.15) is 0 Å². The number of aromatic nitrogens is 4. The first-order valence-corrected chi connectivity index (χ1v) is 9.58. The third-order valence-electron chi connectivity index (χ3n) is 4.80. The van der Waals surface area contributed by atoms with Crippen molar-refractivity contribution in [2.75, 3.05) is 12.4 Å². The number of amides is 1. The first kappa shape index (κ1) is 19.4. The molecular formula is C21H21N5O4. The van der Waals surface area contributed by atoms with Gasteiger partial charge in [0, 0.05) is 12.2 Å². The molecule has 0 radical (unpaired) electrons. The van der Waals surface area contributed by atoms with E-state index >= 15 is 0 Å². The van der Waals surface area contributed by atoms with E-state index in [9.17, 15) is 14.4 Å². The highest BCUT2D eigenvalue weighted by Crippen LogP contribution is 2.15. The van der Waals surface area contributed by atoms with Crippen molar-refractivity contribution in [2.24, 2.45) is 0 Å². The fraction of sp³-hybridized carbons (Fsp3) is 0.238. The predicted molar refractivity (Wildman–Crippen MR) is 113 cm³/mol. The van der Waals surface area contributed by atoms with Crippen LogP contribution < -0.4 is 21.3 Å². The van der Waals surface area contributed by atoms with Crippen molar-refractivity contribution in [3.05, 3.63) is 69.4 Å². The van der Waals surface area contributed by atoms with Crippen LogP contribution in [0.1, 0.15) is 13.3 Å². The van der Waals surface area contributed by atoms with E-state index in [0.717, 1.165) is 4.68 Å². The summed E-state index contributed by atoms with van der Waals surface area (Å²) < 4.78 is 9.03. The van der Waals surface area contributed by atoms with Gasteiger partial charge in [-0.3, -0.25) is 14.2 Å². The van der Waals surface area contributed by atoms with Gasteiger partial charge in [0.05, 0.1) is 18.0 Å². The molecule has 4 aromatic rings. The summed E-state index contributed by atoms with van der Waals surface area (Å²) in [6, 6.07) is 13.7. The molecule has 0 bridgehead atoms. The Labute approximate surface area is 171 Å². The molecule has 1 N–H and O–H groups in total. The fourth-order valence-electron chi connectivity index (χ4n) is 3.41. The fourth-order valence-corrected chi connectivity index (χ4v) is 3.41. The van der Waals surface area contributed by atoms with E-state index in [1.54, 1.807) is 55.6 Å². The van der Waals surface area contributed by atoms with E-state index in [1.165, 1.54) is 8.97 Å². The van der Waals surface area contributed by atoms with E-state index in [2.05, 4.69) is 10.4 Å². The van der Waals surface area contributed by atoms with Crippen LogP contribution >= 0.6 is 0 Å². The molecule has 2 aromatic carbocycles. The molecule has 0 unspecified atom stereocenters. The number of carbonyl (C=O) groups excluding carboxylic acids is 1. The minimum absolute atomic E-state index is 0.209. The molecule has 2 heterocycles. The van der Waals surface area contributed by atoms with Crippen molar-refractivity contribution in [2.45, 2.75) is 26.4 Å². The number of para-hydroxylation sites is 1. The topological polar surface area (TPSA) is 99.6 Å². The van der Waals surface area contributed by atoms with Gasteiger partial charge in [0.25, 0.3) is 5.56 Å². The van der Waals surface area contributed by atoms with Crippen LogP contribution in [-0.2, 0) is 17.9 Å². The number of ether oxygens (including phenoxy) is 1. The van der Waals surface area contributed by atoms with Crippen molar-refractivity contribution < 1.29 is 9.53 Å². The Morgan fingerprint density at radius 2 is 1.83 bits per heavy atom. The van der Waals surface area contributed by atoms with Crippen molar-refractivity contribution >= 4 is 28.3 Å². The van der Waals surface area contributed by atoms with E-state index in [-0.39, 0.29) is 17.9 Å². The van der Waals surface area contributed by atoms with Gasteiger partial charge in [0.1, 0.15) is 12.3 Å². The molecule has 0 aliphatic rings. The molecule has 0 aliphatic carbocycles. The van der Waals surface area contributed by atoms with Crippen LogP contribution in [0.15, 0.2) is 58.1 Å². The summed E-state index contributed by atoms with van der Waals surface area (Å²) in [5.41, 5.74) is 0.360. The number of rotatable bonds is 6. The Balaban J connectivity index is 1.74. The third-order valence-corrected chi connectivity index (χ3v) is 4.80. The zero-order valence-electron chi connectivity index (χ0n) is 16.7. The highest BCUT2D eigenvalue weighted by Gasteiger charge is 2.18. The number of nitrogens with one attached hydrogen (secondary N) is 1. The molecule has 0 aliphatic heterocycles. The number of aryl methyl sites for hydroxylation is 1. The van der Waals surface area contributed by atoms with Gasteiger partial charge in [-0.15, -0.1) is 5.10 Å². The van der Waals surface area contributed by atoms with Crippen LogP contribution in [0.3, 0.4) is 0 Å². The number of anilines is 1. The number of carbonyl (C=O) groups is 1. The number of hydrogen-bond acceptors (Lipinski definition) is 5. The third kappa shape index (κ3) is 3.34. The maximum atomic E-state index is 13.0. The second-order valence-electron chi connectivity index (χ2n) is 6.83. The van der Waals surface area contributed by atoms with Gasteiger partial charge in [0.15, 0.2) is 0 Å². The molecule has 0 spiro atoms. The molecule has 9 heteroatoms. The summed E-state index contributed by atoms with van der Waals surface area (Å²) >= 11 is 0. The van der Waals surface area contributed by atoms with E-state index in [1.807, 2.05) is 6.92 Å². The van der Waals surface area contributed by atoms with Crippen LogP contribution in [0.25, 0.3) is 16.7 Å². The average molecular weight is 407 g/mol. The van der Waals surface area contributed by atoms with Crippen LogP contribution in [0.4, 0.5) is 5.69 Å². The van der Waals surface area contributed by atoms with Gasteiger partial charge >= 0.3 is 5.69 Å². The molecule has 4 rings (SSSR count). The summed E-state index contributed by atoms with van der Waals surface area (Å²) in [7, 11) is 1.56. The summed E-state index contributed by atoms with van der Waals surface area (Å²) in [5.74, 6) is 0.493. The molecule has 2 aromatic heterocycles. The molecule has 154 valence electrons. The second kappa shape index (κ2) is 7.86. The SMILES string of the molecule is CCCn1c(=O)c2ccccc2n2c(=O)n(CC(=O)Nc3ccc(OC)cc3)nc12. The largest absolute Gasteiger partial charge is 0.497 e. The van der Waals surface area contributed by atoms with Crippen molar-refractivity contribution in [3.63, 3.8) is 0 Å². The highest BCUT2D eigenvalue weighted by atomic mass is 16.5. The molecule has 0 saturated carbocycles. The van der Waals surface area contributed by atoms with E-state index in [0.29, 0.717) is 35.3 Å². The molecule has 1 amide bonds. The van der Waals surface area contributed by atoms with Crippen molar-refractivity contribution in [3.8, 4) is 5.75 Å². The molecule has 0 fully saturated rings. The lowest BCUT2D eigenvalue weighted by molar-refractivity contribution is -0.117. The first-order valence-electron chi connectivity index (χ1n) is 9.58. The van der Waals surface area contributed by atoms with Crippen molar-refractivity contribution in [1.29, 1.82) is 0 Å². The zero-order chi connectivity index (χ0) is 21.3. The second-order valence-corrected chi connectivity index (χ2v) is 6.83. The monoisotopic (exact) mass is 407 g/mol. The molecule has 30 heavy (non-hydrogen) atoms. The minimum atomic E-state index is -0.476. The molecule has 9 nitrogen and oxygen atoms in total. The quantitative estimate of drug-likeness (QED) is 0.526. The maximum Gasteiger partial charge on any atom is 0.352 e. The smallest absolute Gasteiger partial charge is 0.352 e. The standard InChI is InChI=1S/C21H21N5O4/c1-3-12-24-19(28)16-6-4-5-7-17(16)26-20(24)23-25(21(26)29)13-18(27)22-14-8-10-15(30-2)11-9-14/h4-11H,3,12-13H2,1-2H3,(H,22,27). The Kier molecular flexibility index (Phi) is 5.09. The van der Waals surface area contributed by atoms with E-state index in [4.69, 9.17) is 4.74 Å². The summed E-state index contributed by atoms with van der Waals surface area (Å²) in [6.45, 7) is 2.08. The number of nitrogens with zero attached hydrogens (tertiary/aromatic N) is 4. The Morgan fingerprint density at radius 3 is 2.53 bits per heavy atom. The minimum Gasteiger partial charge on any atom is -0.497 e. The van der Waals surface area contributed by atoms with Crippen molar-refractivity contribution in [1.82, 2.24) is 18.7 Å². The van der Waals surface area contributed by atoms with Crippen LogP contribution in [-0.4, -0.2) is 31.8 Å². The highest BCUT2D eigenvalue weighted by molar-refractivity contribution is 5.90. The lowest BCUT2D eigenvalue weighted by atomic mass is 10.2. The number of methoxy groups -OCH3 is 1. The predicted octanol–water partition coefficient (Wildman–Crippen LogP) is 1.87. The van der Waals surface area contributed by atoms with Gasteiger partial charge in [0.2, 0.25) is 11.7 Å². The number of fused-ring (bicyclic) bond motifs is 3. The van der Waals surface area contributed by atoms with Crippen LogP contribution in [0.2, 0.25) is 0 Å². The molecule has 0 saturated heterocycles. The number of benzene rings is 2. The molecule has 0 atom stereocenters. The lowest BCUT2D eigenvalue weighted by Crippen LogP contribution is -2.29. The van der Waals surface area contributed by atoms with Gasteiger partial charge in [-0.25, -0.2) is 13.9 Å². The van der Waals surface area contributed by atoms with Crippen LogP contribution in [0, 0.1) is 0 Å².